The molecule has 0 amide bonds. The van der Waals surface area contributed by atoms with Gasteiger partial charge in [0, 0.05) is 44.7 Å². The number of aryl methyl sites for hydroxylation is 2. The highest BCUT2D eigenvalue weighted by atomic mass is 35.5. The summed E-state index contributed by atoms with van der Waals surface area (Å²) in [6.45, 7) is 10.1. The third-order valence-corrected chi connectivity index (χ3v) is 5.71. The van der Waals surface area contributed by atoms with Crippen molar-refractivity contribution >= 4 is 23.8 Å². The third-order valence-electron chi connectivity index (χ3n) is 5.34. The van der Waals surface area contributed by atoms with Gasteiger partial charge in [-0.3, -0.25) is 14.7 Å². The van der Waals surface area contributed by atoms with Crippen molar-refractivity contribution in [2.75, 3.05) is 26.2 Å². The number of rotatable bonds is 7. The van der Waals surface area contributed by atoms with E-state index in [-0.39, 0.29) is 5.97 Å². The lowest BCUT2D eigenvalue weighted by Gasteiger charge is -2.33. The molecule has 1 fully saturated rings. The molecule has 1 aliphatic rings. The monoisotopic (exact) mass is 427 g/mol. The van der Waals surface area contributed by atoms with Crippen molar-refractivity contribution in [2.24, 2.45) is 5.10 Å². The summed E-state index contributed by atoms with van der Waals surface area (Å²) in [5, 5.41) is 7.64. The first kappa shape index (κ1) is 22.3. The fourth-order valence-electron chi connectivity index (χ4n) is 3.68. The molecule has 1 heterocycles. The van der Waals surface area contributed by atoms with Crippen LogP contribution in [0.25, 0.3) is 0 Å². The van der Waals surface area contributed by atoms with Crippen molar-refractivity contribution in [1.29, 1.82) is 0 Å². The first-order valence-electron chi connectivity index (χ1n) is 10.6. The van der Waals surface area contributed by atoms with Crippen molar-refractivity contribution in [1.82, 2.24) is 9.91 Å². The normalized spacial score (nSPS) is 15.0. The van der Waals surface area contributed by atoms with Crippen LogP contribution in [0.3, 0.4) is 0 Å². The zero-order valence-electron chi connectivity index (χ0n) is 18.0. The molecular weight excluding hydrogens is 398 g/mol. The molecule has 0 bridgehead atoms. The number of benzene rings is 2. The van der Waals surface area contributed by atoms with E-state index < -0.39 is 0 Å². The van der Waals surface area contributed by atoms with E-state index in [9.17, 15) is 4.79 Å². The Hall–Kier alpha value is -2.37. The molecule has 30 heavy (non-hydrogen) atoms. The Morgan fingerprint density at radius 1 is 1.07 bits per heavy atom. The van der Waals surface area contributed by atoms with Gasteiger partial charge >= 0.3 is 5.97 Å². The number of halogens is 1. The molecule has 0 N–H and O–H groups in total. The van der Waals surface area contributed by atoms with Crippen LogP contribution in [0, 0.1) is 0 Å². The molecule has 0 aromatic heterocycles. The zero-order chi connectivity index (χ0) is 21.5. The molecule has 160 valence electrons. The molecule has 0 unspecified atom stereocenters. The fraction of sp³-hybridized carbons (Fsp3) is 0.417. The highest BCUT2D eigenvalue weighted by molar-refractivity contribution is 6.31. The summed E-state index contributed by atoms with van der Waals surface area (Å²) in [4.78, 5) is 13.9. The minimum absolute atomic E-state index is 0.282. The van der Waals surface area contributed by atoms with Gasteiger partial charge in [-0.2, -0.15) is 5.10 Å². The SMILES string of the molecule is CCc1cc(/C=N\N2CCN(Cc3ccccc3Cl)CC2)cc(CC)c1OC(C)=O. The van der Waals surface area contributed by atoms with Crippen LogP contribution in [-0.4, -0.2) is 48.3 Å². The average Bonchev–Trinajstić information content (AvgIpc) is 2.75. The van der Waals surface area contributed by atoms with E-state index in [1.165, 1.54) is 12.5 Å². The third kappa shape index (κ3) is 5.83. The number of piperazine rings is 1. The van der Waals surface area contributed by atoms with Crippen LogP contribution in [0.4, 0.5) is 0 Å². The lowest BCUT2D eigenvalue weighted by Crippen LogP contribution is -2.43. The van der Waals surface area contributed by atoms with E-state index >= 15 is 0 Å². The van der Waals surface area contributed by atoms with Gasteiger partial charge in [-0.15, -0.1) is 0 Å². The maximum atomic E-state index is 11.5. The van der Waals surface area contributed by atoms with Crippen LogP contribution in [0.5, 0.6) is 5.75 Å². The molecule has 6 heteroatoms. The van der Waals surface area contributed by atoms with E-state index in [1.54, 1.807) is 0 Å². The van der Waals surface area contributed by atoms with Gasteiger partial charge in [0.1, 0.15) is 5.75 Å². The summed E-state index contributed by atoms with van der Waals surface area (Å²) in [5.74, 6) is 0.424. The molecule has 1 aliphatic heterocycles. The standard InChI is InChI=1S/C24H30ClN3O2/c1-4-20-14-19(15-21(5-2)24(20)30-18(3)29)16-26-28-12-10-27(11-13-28)17-22-8-6-7-9-23(22)25/h6-9,14-16H,4-5,10-13,17H2,1-3H3/b26-16-. The van der Waals surface area contributed by atoms with Crippen molar-refractivity contribution in [3.05, 3.63) is 63.7 Å². The Morgan fingerprint density at radius 2 is 1.70 bits per heavy atom. The number of hydrazone groups is 1. The molecule has 0 aliphatic carbocycles. The van der Waals surface area contributed by atoms with Gasteiger partial charge in [-0.05, 0) is 53.3 Å². The summed E-state index contributed by atoms with van der Waals surface area (Å²) in [6.07, 6.45) is 3.52. The van der Waals surface area contributed by atoms with Crippen LogP contribution in [-0.2, 0) is 24.2 Å². The topological polar surface area (TPSA) is 45.1 Å². The number of esters is 1. The van der Waals surface area contributed by atoms with E-state index in [0.717, 1.165) is 67.3 Å². The number of hydrogen-bond donors (Lipinski definition) is 0. The van der Waals surface area contributed by atoms with E-state index in [1.807, 2.05) is 24.4 Å². The fourth-order valence-corrected chi connectivity index (χ4v) is 3.88. The first-order valence-corrected chi connectivity index (χ1v) is 11.0. The van der Waals surface area contributed by atoms with Crippen LogP contribution < -0.4 is 4.74 Å². The molecule has 1 saturated heterocycles. The quantitative estimate of drug-likeness (QED) is 0.369. The highest BCUT2D eigenvalue weighted by Crippen LogP contribution is 2.27. The van der Waals surface area contributed by atoms with E-state index in [0.29, 0.717) is 5.75 Å². The molecule has 0 spiro atoms. The summed E-state index contributed by atoms with van der Waals surface area (Å²) in [7, 11) is 0. The maximum Gasteiger partial charge on any atom is 0.308 e. The van der Waals surface area contributed by atoms with Crippen LogP contribution >= 0.6 is 11.6 Å². The Kier molecular flexibility index (Phi) is 7.88. The Labute approximate surface area is 184 Å². The predicted octanol–water partition coefficient (Wildman–Crippen LogP) is 4.54. The van der Waals surface area contributed by atoms with Gasteiger partial charge in [0.15, 0.2) is 0 Å². The molecule has 0 radical (unpaired) electrons. The summed E-state index contributed by atoms with van der Waals surface area (Å²) in [5.41, 5.74) is 4.28. The van der Waals surface area contributed by atoms with Gasteiger partial charge < -0.3 is 4.74 Å². The zero-order valence-corrected chi connectivity index (χ0v) is 18.8. The summed E-state index contributed by atoms with van der Waals surface area (Å²) >= 11 is 6.29. The molecule has 2 aromatic carbocycles. The van der Waals surface area contributed by atoms with Crippen LogP contribution in [0.2, 0.25) is 5.02 Å². The smallest absolute Gasteiger partial charge is 0.308 e. The largest absolute Gasteiger partial charge is 0.426 e. The number of hydrogen-bond acceptors (Lipinski definition) is 5. The Balaban J connectivity index is 1.62. The Bertz CT molecular complexity index is 880. The van der Waals surface area contributed by atoms with Gasteiger partial charge in [0.25, 0.3) is 0 Å². The number of ether oxygens (including phenoxy) is 1. The summed E-state index contributed by atoms with van der Waals surface area (Å²) < 4.78 is 5.47. The Morgan fingerprint density at radius 3 is 2.27 bits per heavy atom. The number of carbonyl (C=O) groups excluding carboxylic acids is 1. The second kappa shape index (κ2) is 10.6. The summed E-state index contributed by atoms with van der Waals surface area (Å²) in [6, 6.07) is 12.2. The highest BCUT2D eigenvalue weighted by Gasteiger charge is 2.17. The molecule has 2 aromatic rings. The lowest BCUT2D eigenvalue weighted by molar-refractivity contribution is -0.132. The van der Waals surface area contributed by atoms with Crippen molar-refractivity contribution in [2.45, 2.75) is 40.2 Å². The second-order valence-corrected chi connectivity index (χ2v) is 7.94. The van der Waals surface area contributed by atoms with Crippen molar-refractivity contribution in [3.8, 4) is 5.75 Å². The lowest BCUT2D eigenvalue weighted by atomic mass is 10.0. The average molecular weight is 428 g/mol. The van der Waals surface area contributed by atoms with Gasteiger partial charge in [0.05, 0.1) is 6.21 Å². The number of carbonyl (C=O) groups is 1. The minimum atomic E-state index is -0.282. The van der Waals surface area contributed by atoms with Gasteiger partial charge in [-0.25, -0.2) is 0 Å². The number of nitrogens with zero attached hydrogens (tertiary/aromatic N) is 3. The van der Waals surface area contributed by atoms with E-state index in [2.05, 4.69) is 42.0 Å². The molecule has 3 rings (SSSR count). The van der Waals surface area contributed by atoms with Gasteiger partial charge in [0.2, 0.25) is 0 Å². The van der Waals surface area contributed by atoms with Crippen molar-refractivity contribution in [3.63, 3.8) is 0 Å². The molecular formula is C24H30ClN3O2. The predicted molar refractivity (Wildman–Crippen MR) is 122 cm³/mol. The maximum absolute atomic E-state index is 11.5. The van der Waals surface area contributed by atoms with Crippen LogP contribution in [0.15, 0.2) is 41.5 Å². The second-order valence-electron chi connectivity index (χ2n) is 7.53. The van der Waals surface area contributed by atoms with E-state index in [4.69, 9.17) is 21.4 Å². The minimum Gasteiger partial charge on any atom is -0.426 e. The molecule has 0 saturated carbocycles. The molecule has 5 nitrogen and oxygen atoms in total. The molecule has 0 atom stereocenters. The first-order chi connectivity index (χ1) is 14.5. The van der Waals surface area contributed by atoms with Crippen molar-refractivity contribution < 1.29 is 9.53 Å². The van der Waals surface area contributed by atoms with Gasteiger partial charge in [-0.1, -0.05) is 43.6 Å². The van der Waals surface area contributed by atoms with Crippen LogP contribution in [0.1, 0.15) is 43.0 Å².